The van der Waals surface area contributed by atoms with Crippen LogP contribution in [-0.4, -0.2) is 37.2 Å². The van der Waals surface area contributed by atoms with Crippen molar-refractivity contribution in [3.63, 3.8) is 0 Å². The van der Waals surface area contributed by atoms with Crippen molar-refractivity contribution in [2.45, 2.75) is 20.0 Å². The Hall–Kier alpha value is -3.35. The molecule has 0 radical (unpaired) electrons. The van der Waals surface area contributed by atoms with Crippen LogP contribution in [0.5, 0.6) is 5.75 Å². The highest BCUT2D eigenvalue weighted by Crippen LogP contribution is 2.16. The minimum absolute atomic E-state index is 0.220. The van der Waals surface area contributed by atoms with E-state index >= 15 is 0 Å². The molecular formula is C20H21NO6. The summed E-state index contributed by atoms with van der Waals surface area (Å²) in [7, 11) is 0. The summed E-state index contributed by atoms with van der Waals surface area (Å²) in [6.07, 6.45) is -0.869. The molecule has 1 N–H and O–H groups in total. The van der Waals surface area contributed by atoms with Crippen molar-refractivity contribution in [2.75, 3.05) is 18.5 Å². The molecular weight excluding hydrogens is 350 g/mol. The van der Waals surface area contributed by atoms with E-state index in [-0.39, 0.29) is 17.9 Å². The molecule has 2 rings (SSSR count). The highest BCUT2D eigenvalue weighted by molar-refractivity contribution is 6.01. The number of amides is 1. The van der Waals surface area contributed by atoms with E-state index in [2.05, 4.69) is 5.32 Å². The Labute approximate surface area is 157 Å². The lowest BCUT2D eigenvalue weighted by atomic mass is 10.2. The Morgan fingerprint density at radius 1 is 0.963 bits per heavy atom. The van der Waals surface area contributed by atoms with E-state index in [1.165, 1.54) is 13.0 Å². The van der Waals surface area contributed by atoms with Gasteiger partial charge >= 0.3 is 11.9 Å². The summed E-state index contributed by atoms with van der Waals surface area (Å²) in [5, 5.41) is 2.54. The topological polar surface area (TPSA) is 90.9 Å². The molecule has 0 bridgehead atoms. The molecule has 0 saturated heterocycles. The van der Waals surface area contributed by atoms with Gasteiger partial charge in [-0.1, -0.05) is 30.3 Å². The molecule has 7 heteroatoms. The second-order valence-corrected chi connectivity index (χ2v) is 5.50. The molecule has 0 saturated carbocycles. The standard InChI is InChI=1S/C20H21NO6/c1-3-25-20(24)16-11-7-8-12-17(16)21-18(22)13-26-19(23)14(2)27-15-9-5-4-6-10-15/h4-12,14H,3,13H2,1-2H3,(H,21,22)/t14-/m0/s1. The monoisotopic (exact) mass is 371 g/mol. The van der Waals surface area contributed by atoms with Crippen LogP contribution >= 0.6 is 0 Å². The van der Waals surface area contributed by atoms with Crippen molar-refractivity contribution < 1.29 is 28.6 Å². The Bertz CT molecular complexity index is 790. The van der Waals surface area contributed by atoms with Crippen LogP contribution in [0.15, 0.2) is 54.6 Å². The molecule has 0 unspecified atom stereocenters. The van der Waals surface area contributed by atoms with Crippen LogP contribution in [0.4, 0.5) is 5.69 Å². The molecule has 0 heterocycles. The molecule has 0 aliphatic heterocycles. The molecule has 0 spiro atoms. The average molecular weight is 371 g/mol. The maximum atomic E-state index is 12.0. The molecule has 2 aromatic carbocycles. The van der Waals surface area contributed by atoms with Crippen molar-refractivity contribution in [3.05, 3.63) is 60.2 Å². The lowest BCUT2D eigenvalue weighted by Crippen LogP contribution is -2.30. The molecule has 0 fully saturated rings. The van der Waals surface area contributed by atoms with Crippen molar-refractivity contribution in [3.8, 4) is 5.75 Å². The third-order valence-corrected chi connectivity index (χ3v) is 3.43. The molecule has 0 aliphatic rings. The number of anilines is 1. The fourth-order valence-corrected chi connectivity index (χ4v) is 2.17. The molecule has 27 heavy (non-hydrogen) atoms. The number of ether oxygens (including phenoxy) is 3. The van der Waals surface area contributed by atoms with Gasteiger partial charge in [0.15, 0.2) is 12.7 Å². The summed E-state index contributed by atoms with van der Waals surface area (Å²) >= 11 is 0. The van der Waals surface area contributed by atoms with Crippen LogP contribution in [0.25, 0.3) is 0 Å². The Morgan fingerprint density at radius 3 is 2.33 bits per heavy atom. The highest BCUT2D eigenvalue weighted by atomic mass is 16.6. The lowest BCUT2D eigenvalue weighted by Gasteiger charge is -2.14. The van der Waals surface area contributed by atoms with Crippen LogP contribution in [-0.2, 0) is 19.1 Å². The van der Waals surface area contributed by atoms with Crippen LogP contribution < -0.4 is 10.1 Å². The van der Waals surface area contributed by atoms with E-state index in [9.17, 15) is 14.4 Å². The van der Waals surface area contributed by atoms with Gasteiger partial charge in [0.05, 0.1) is 17.9 Å². The lowest BCUT2D eigenvalue weighted by molar-refractivity contribution is -0.153. The SMILES string of the molecule is CCOC(=O)c1ccccc1NC(=O)COC(=O)[C@H](C)Oc1ccccc1. The van der Waals surface area contributed by atoms with Gasteiger partial charge in [0.2, 0.25) is 0 Å². The first-order valence-electron chi connectivity index (χ1n) is 8.45. The van der Waals surface area contributed by atoms with Gasteiger partial charge in [0.25, 0.3) is 5.91 Å². The molecule has 1 atom stereocenters. The number of hydrogen-bond donors (Lipinski definition) is 1. The van der Waals surface area contributed by atoms with E-state index in [4.69, 9.17) is 14.2 Å². The van der Waals surface area contributed by atoms with Crippen LogP contribution in [0.1, 0.15) is 24.2 Å². The minimum atomic E-state index is -0.869. The highest BCUT2D eigenvalue weighted by Gasteiger charge is 2.19. The van der Waals surface area contributed by atoms with Crippen LogP contribution in [0.2, 0.25) is 0 Å². The zero-order chi connectivity index (χ0) is 19.6. The predicted octanol–water partition coefficient (Wildman–Crippen LogP) is 2.81. The smallest absolute Gasteiger partial charge is 0.347 e. The summed E-state index contributed by atoms with van der Waals surface area (Å²) in [5.41, 5.74) is 0.505. The molecule has 0 aromatic heterocycles. The van der Waals surface area contributed by atoms with Crippen molar-refractivity contribution in [1.82, 2.24) is 0 Å². The number of carbonyl (C=O) groups excluding carboxylic acids is 3. The first-order valence-corrected chi connectivity index (χ1v) is 8.45. The van der Waals surface area contributed by atoms with Crippen LogP contribution in [0.3, 0.4) is 0 Å². The second-order valence-electron chi connectivity index (χ2n) is 5.50. The first-order chi connectivity index (χ1) is 13.0. The van der Waals surface area contributed by atoms with Crippen molar-refractivity contribution in [1.29, 1.82) is 0 Å². The van der Waals surface area contributed by atoms with E-state index in [0.29, 0.717) is 5.75 Å². The summed E-state index contributed by atoms with van der Waals surface area (Å²) < 4.78 is 15.3. The summed E-state index contributed by atoms with van der Waals surface area (Å²) in [4.78, 5) is 35.9. The minimum Gasteiger partial charge on any atom is -0.479 e. The van der Waals surface area contributed by atoms with Gasteiger partial charge in [0, 0.05) is 0 Å². The first kappa shape index (κ1) is 20.0. The van der Waals surface area contributed by atoms with E-state index in [0.717, 1.165) is 0 Å². The van der Waals surface area contributed by atoms with Gasteiger partial charge in [-0.05, 0) is 38.1 Å². The van der Waals surface area contributed by atoms with E-state index < -0.39 is 30.6 Å². The summed E-state index contributed by atoms with van der Waals surface area (Å²) in [6, 6.07) is 15.2. The molecule has 0 aliphatic carbocycles. The van der Waals surface area contributed by atoms with Gasteiger partial charge in [-0.25, -0.2) is 9.59 Å². The third kappa shape index (κ3) is 6.14. The Balaban J connectivity index is 1.87. The molecule has 1 amide bonds. The number of nitrogens with one attached hydrogen (secondary N) is 1. The summed E-state index contributed by atoms with van der Waals surface area (Å²) in [5.74, 6) is -1.27. The van der Waals surface area contributed by atoms with Gasteiger partial charge in [-0.3, -0.25) is 4.79 Å². The van der Waals surface area contributed by atoms with Gasteiger partial charge in [-0.15, -0.1) is 0 Å². The number of esters is 2. The number of hydrogen-bond acceptors (Lipinski definition) is 6. The summed E-state index contributed by atoms with van der Waals surface area (Å²) in [6.45, 7) is 2.94. The maximum Gasteiger partial charge on any atom is 0.347 e. The third-order valence-electron chi connectivity index (χ3n) is 3.43. The van der Waals surface area contributed by atoms with Gasteiger partial charge in [-0.2, -0.15) is 0 Å². The molecule has 2 aromatic rings. The fourth-order valence-electron chi connectivity index (χ4n) is 2.17. The second kappa shape index (κ2) is 9.96. The van der Waals surface area contributed by atoms with Crippen LogP contribution in [0, 0.1) is 0 Å². The van der Waals surface area contributed by atoms with E-state index in [1.54, 1.807) is 49.4 Å². The largest absolute Gasteiger partial charge is 0.479 e. The number of carbonyl (C=O) groups is 3. The van der Waals surface area contributed by atoms with Gasteiger partial charge in [0.1, 0.15) is 5.75 Å². The molecule has 142 valence electrons. The number of para-hydroxylation sites is 2. The maximum absolute atomic E-state index is 12.0. The van der Waals surface area contributed by atoms with Gasteiger partial charge < -0.3 is 19.5 Å². The number of benzene rings is 2. The average Bonchev–Trinajstić information content (AvgIpc) is 2.67. The Morgan fingerprint density at radius 2 is 1.63 bits per heavy atom. The zero-order valence-electron chi connectivity index (χ0n) is 15.1. The van der Waals surface area contributed by atoms with E-state index in [1.807, 2.05) is 6.07 Å². The van der Waals surface area contributed by atoms with Crippen molar-refractivity contribution in [2.24, 2.45) is 0 Å². The quantitative estimate of drug-likeness (QED) is 0.718. The Kier molecular flexibility index (Phi) is 7.37. The normalized spacial score (nSPS) is 11.2. The number of rotatable bonds is 8. The molecule has 7 nitrogen and oxygen atoms in total. The predicted molar refractivity (Wildman–Crippen MR) is 98.5 cm³/mol. The van der Waals surface area contributed by atoms with Crippen molar-refractivity contribution >= 4 is 23.5 Å². The fraction of sp³-hybridized carbons (Fsp3) is 0.250. The zero-order valence-corrected chi connectivity index (χ0v) is 15.1.